The number of aromatic hydroxyl groups is 2. The number of ether oxygens (including phenoxy) is 1. The summed E-state index contributed by atoms with van der Waals surface area (Å²) < 4.78 is 10.7. The van der Waals surface area contributed by atoms with Crippen LogP contribution in [0.15, 0.2) is 51.7 Å². The molecular formula is C18H16O5. The number of hydrogen-bond donors (Lipinski definition) is 2. The van der Waals surface area contributed by atoms with Gasteiger partial charge in [0, 0.05) is 18.6 Å². The molecule has 3 rings (SSSR count). The van der Waals surface area contributed by atoms with Crippen LogP contribution in [0.3, 0.4) is 0 Å². The van der Waals surface area contributed by atoms with Gasteiger partial charge in [-0.05, 0) is 36.2 Å². The van der Waals surface area contributed by atoms with E-state index in [0.717, 1.165) is 5.56 Å². The number of hydrogen-bond acceptors (Lipinski definition) is 5. The molecule has 5 nitrogen and oxygen atoms in total. The number of phenols is 2. The molecule has 0 bridgehead atoms. The van der Waals surface area contributed by atoms with Crippen LogP contribution in [-0.4, -0.2) is 17.3 Å². The summed E-state index contributed by atoms with van der Waals surface area (Å²) in [5.74, 6) is 1.08. The molecule has 2 N–H and O–H groups in total. The lowest BCUT2D eigenvalue weighted by Gasteiger charge is -2.07. The topological polar surface area (TPSA) is 79.9 Å². The van der Waals surface area contributed by atoms with Gasteiger partial charge in [0.05, 0.1) is 12.5 Å². The molecule has 0 aliphatic heterocycles. The van der Waals surface area contributed by atoms with E-state index in [-0.39, 0.29) is 16.9 Å². The van der Waals surface area contributed by atoms with Crippen LogP contribution in [0.2, 0.25) is 0 Å². The average Bonchev–Trinajstić information content (AvgIpc) is 2.52. The van der Waals surface area contributed by atoms with Crippen LogP contribution in [0.5, 0.6) is 17.2 Å². The van der Waals surface area contributed by atoms with Crippen LogP contribution < -0.4 is 10.2 Å². The Kier molecular flexibility index (Phi) is 3.93. The van der Waals surface area contributed by atoms with Crippen LogP contribution in [0, 0.1) is 0 Å². The van der Waals surface area contributed by atoms with Crippen molar-refractivity contribution in [1.82, 2.24) is 0 Å². The Balaban J connectivity index is 1.84. The van der Waals surface area contributed by atoms with Crippen LogP contribution in [-0.2, 0) is 12.8 Å². The SMILES string of the molecule is COc1ccc(CCc2cc(=O)c3ccc(O)cc3o2)cc1O. The van der Waals surface area contributed by atoms with E-state index in [9.17, 15) is 15.0 Å². The summed E-state index contributed by atoms with van der Waals surface area (Å²) in [6.45, 7) is 0. The van der Waals surface area contributed by atoms with Crippen LogP contribution in [0.1, 0.15) is 11.3 Å². The van der Waals surface area contributed by atoms with Gasteiger partial charge in [-0.15, -0.1) is 0 Å². The van der Waals surface area contributed by atoms with Gasteiger partial charge in [0.2, 0.25) is 0 Å². The lowest BCUT2D eigenvalue weighted by atomic mass is 10.1. The Hall–Kier alpha value is -2.95. The normalized spacial score (nSPS) is 10.8. The summed E-state index contributed by atoms with van der Waals surface area (Å²) in [6.07, 6.45) is 1.11. The lowest BCUT2D eigenvalue weighted by molar-refractivity contribution is 0.373. The summed E-state index contributed by atoms with van der Waals surface area (Å²) >= 11 is 0. The summed E-state index contributed by atoms with van der Waals surface area (Å²) in [7, 11) is 1.49. The van der Waals surface area contributed by atoms with Gasteiger partial charge in [-0.3, -0.25) is 4.79 Å². The molecule has 0 atom stereocenters. The highest BCUT2D eigenvalue weighted by Gasteiger charge is 2.07. The minimum atomic E-state index is -0.140. The highest BCUT2D eigenvalue weighted by atomic mass is 16.5. The van der Waals surface area contributed by atoms with E-state index >= 15 is 0 Å². The predicted molar refractivity (Wildman–Crippen MR) is 86.2 cm³/mol. The molecule has 0 amide bonds. The molecule has 2 aromatic carbocycles. The summed E-state index contributed by atoms with van der Waals surface area (Å²) in [5, 5.41) is 19.7. The number of fused-ring (bicyclic) bond motifs is 1. The zero-order valence-electron chi connectivity index (χ0n) is 12.6. The van der Waals surface area contributed by atoms with Gasteiger partial charge in [0.15, 0.2) is 16.9 Å². The van der Waals surface area contributed by atoms with Crippen LogP contribution >= 0.6 is 0 Å². The second-order valence-electron chi connectivity index (χ2n) is 5.26. The molecule has 118 valence electrons. The minimum absolute atomic E-state index is 0.0536. The molecule has 0 unspecified atom stereocenters. The molecule has 1 heterocycles. The average molecular weight is 312 g/mol. The van der Waals surface area contributed by atoms with Crippen molar-refractivity contribution in [2.75, 3.05) is 7.11 Å². The van der Waals surface area contributed by atoms with E-state index in [1.165, 1.54) is 25.3 Å². The van der Waals surface area contributed by atoms with Gasteiger partial charge in [-0.1, -0.05) is 6.07 Å². The van der Waals surface area contributed by atoms with Gasteiger partial charge in [0.1, 0.15) is 17.1 Å². The molecule has 0 spiro atoms. The Labute approximate surface area is 132 Å². The Bertz CT molecular complexity index is 911. The van der Waals surface area contributed by atoms with Crippen molar-refractivity contribution in [3.8, 4) is 17.2 Å². The monoisotopic (exact) mass is 312 g/mol. The first-order chi connectivity index (χ1) is 11.1. The zero-order valence-corrected chi connectivity index (χ0v) is 12.6. The molecule has 0 aliphatic carbocycles. The first-order valence-electron chi connectivity index (χ1n) is 7.18. The van der Waals surface area contributed by atoms with Gasteiger partial charge in [-0.25, -0.2) is 0 Å². The molecule has 5 heteroatoms. The van der Waals surface area contributed by atoms with Crippen molar-refractivity contribution in [1.29, 1.82) is 0 Å². The van der Waals surface area contributed by atoms with E-state index in [1.807, 2.05) is 6.07 Å². The highest BCUT2D eigenvalue weighted by molar-refractivity contribution is 5.77. The first kappa shape index (κ1) is 15.0. The van der Waals surface area contributed by atoms with Crippen molar-refractivity contribution in [3.63, 3.8) is 0 Å². The van der Waals surface area contributed by atoms with Crippen molar-refractivity contribution >= 4 is 11.0 Å². The van der Waals surface area contributed by atoms with Gasteiger partial charge < -0.3 is 19.4 Å². The molecule has 3 aromatic rings. The predicted octanol–water partition coefficient (Wildman–Crippen LogP) is 3.00. The van der Waals surface area contributed by atoms with E-state index in [1.54, 1.807) is 18.2 Å². The summed E-state index contributed by atoms with van der Waals surface area (Å²) in [6, 6.07) is 11.1. The third-order valence-corrected chi connectivity index (χ3v) is 3.67. The second kappa shape index (κ2) is 6.04. The number of phenolic OH excluding ortho intramolecular Hbond substituents is 2. The van der Waals surface area contributed by atoms with E-state index in [0.29, 0.717) is 35.3 Å². The molecule has 1 aromatic heterocycles. The highest BCUT2D eigenvalue weighted by Crippen LogP contribution is 2.27. The molecule has 0 radical (unpaired) electrons. The maximum Gasteiger partial charge on any atom is 0.192 e. The zero-order chi connectivity index (χ0) is 16.4. The van der Waals surface area contributed by atoms with Gasteiger partial charge in [0.25, 0.3) is 0 Å². The quantitative estimate of drug-likeness (QED) is 0.774. The number of rotatable bonds is 4. The molecule has 23 heavy (non-hydrogen) atoms. The lowest BCUT2D eigenvalue weighted by Crippen LogP contribution is -2.03. The van der Waals surface area contributed by atoms with Crippen molar-refractivity contribution in [3.05, 3.63) is 64.0 Å². The standard InChI is InChI=1S/C18H16O5/c1-22-17-7-3-11(8-16(17)21)2-5-13-10-15(20)14-6-4-12(19)9-18(14)23-13/h3-4,6-10,19,21H,2,5H2,1H3. The molecule has 0 fully saturated rings. The maximum atomic E-state index is 12.1. The molecule has 0 saturated heterocycles. The maximum absolute atomic E-state index is 12.1. The largest absolute Gasteiger partial charge is 0.508 e. The third-order valence-electron chi connectivity index (χ3n) is 3.67. The Morgan fingerprint density at radius 3 is 2.61 bits per heavy atom. The fraction of sp³-hybridized carbons (Fsp3) is 0.167. The van der Waals surface area contributed by atoms with Crippen molar-refractivity contribution in [2.45, 2.75) is 12.8 Å². The second-order valence-corrected chi connectivity index (χ2v) is 5.26. The fourth-order valence-corrected chi connectivity index (χ4v) is 2.48. The molecule has 0 saturated carbocycles. The van der Waals surface area contributed by atoms with Gasteiger partial charge >= 0.3 is 0 Å². The van der Waals surface area contributed by atoms with E-state index in [2.05, 4.69) is 0 Å². The smallest absolute Gasteiger partial charge is 0.192 e. The molecular weight excluding hydrogens is 296 g/mol. The van der Waals surface area contributed by atoms with Crippen LogP contribution in [0.25, 0.3) is 11.0 Å². The number of methoxy groups -OCH3 is 1. The number of benzene rings is 2. The van der Waals surface area contributed by atoms with Gasteiger partial charge in [-0.2, -0.15) is 0 Å². The summed E-state index contributed by atoms with van der Waals surface area (Å²) in [4.78, 5) is 12.1. The van der Waals surface area contributed by atoms with E-state index < -0.39 is 0 Å². The number of aryl methyl sites for hydroxylation is 2. The third kappa shape index (κ3) is 3.13. The summed E-state index contributed by atoms with van der Waals surface area (Å²) in [5.41, 5.74) is 1.13. The van der Waals surface area contributed by atoms with E-state index in [4.69, 9.17) is 9.15 Å². The van der Waals surface area contributed by atoms with Crippen molar-refractivity contribution < 1.29 is 19.4 Å². The first-order valence-corrected chi connectivity index (χ1v) is 7.18. The fourth-order valence-electron chi connectivity index (χ4n) is 2.48. The Morgan fingerprint density at radius 2 is 1.87 bits per heavy atom. The molecule has 0 aliphatic rings. The van der Waals surface area contributed by atoms with Crippen molar-refractivity contribution in [2.24, 2.45) is 0 Å². The Morgan fingerprint density at radius 1 is 1.04 bits per heavy atom. The van der Waals surface area contributed by atoms with Crippen LogP contribution in [0.4, 0.5) is 0 Å². The minimum Gasteiger partial charge on any atom is -0.508 e.